The van der Waals surface area contributed by atoms with Gasteiger partial charge < -0.3 is 10.2 Å². The van der Waals surface area contributed by atoms with E-state index in [1.165, 1.54) is 0 Å². The van der Waals surface area contributed by atoms with Crippen molar-refractivity contribution in [2.45, 2.75) is 19.3 Å². The first-order chi connectivity index (χ1) is 12.2. The Labute approximate surface area is 147 Å². The first-order valence-corrected chi connectivity index (χ1v) is 8.57. The maximum absolute atomic E-state index is 12.4. The molecule has 1 aliphatic heterocycles. The third kappa shape index (κ3) is 4.86. The first-order valence-electron chi connectivity index (χ1n) is 8.57. The number of carbonyl (C=O) groups excluding carboxylic acids is 2. The van der Waals surface area contributed by atoms with Crippen LogP contribution in [0.4, 0.5) is 0 Å². The Hall–Kier alpha value is -2.76. The second-order valence-corrected chi connectivity index (χ2v) is 6.32. The molecule has 0 bridgehead atoms. The SMILES string of the molecule is O=C(Cc1cccnc1)NCC1CCN(C(=O)c2cccnc2)CC1. The van der Waals surface area contributed by atoms with Gasteiger partial charge in [0, 0.05) is 44.4 Å². The fraction of sp³-hybridized carbons (Fsp3) is 0.368. The van der Waals surface area contributed by atoms with E-state index in [0.29, 0.717) is 24.4 Å². The van der Waals surface area contributed by atoms with E-state index in [-0.39, 0.29) is 11.8 Å². The smallest absolute Gasteiger partial charge is 0.255 e. The Balaban J connectivity index is 1.41. The number of amides is 2. The molecule has 0 atom stereocenters. The molecule has 0 spiro atoms. The quantitative estimate of drug-likeness (QED) is 0.900. The van der Waals surface area contributed by atoms with Crippen molar-refractivity contribution in [2.24, 2.45) is 5.92 Å². The molecule has 0 saturated carbocycles. The van der Waals surface area contributed by atoms with E-state index in [9.17, 15) is 9.59 Å². The van der Waals surface area contributed by atoms with Crippen LogP contribution in [0.5, 0.6) is 0 Å². The highest BCUT2D eigenvalue weighted by Crippen LogP contribution is 2.18. The summed E-state index contributed by atoms with van der Waals surface area (Å²) in [6.07, 6.45) is 8.83. The maximum atomic E-state index is 12.4. The lowest BCUT2D eigenvalue weighted by molar-refractivity contribution is -0.120. The highest BCUT2D eigenvalue weighted by Gasteiger charge is 2.23. The van der Waals surface area contributed by atoms with Gasteiger partial charge in [0.05, 0.1) is 12.0 Å². The van der Waals surface area contributed by atoms with Crippen LogP contribution in [0.2, 0.25) is 0 Å². The maximum Gasteiger partial charge on any atom is 0.255 e. The van der Waals surface area contributed by atoms with Crippen LogP contribution >= 0.6 is 0 Å². The van der Waals surface area contributed by atoms with Crippen LogP contribution < -0.4 is 5.32 Å². The number of nitrogens with zero attached hydrogens (tertiary/aromatic N) is 3. The molecule has 0 unspecified atom stereocenters. The number of pyridine rings is 2. The molecular weight excluding hydrogens is 316 g/mol. The monoisotopic (exact) mass is 338 g/mol. The van der Waals surface area contributed by atoms with Crippen LogP contribution in [0.3, 0.4) is 0 Å². The Kier molecular flexibility index (Phi) is 5.72. The van der Waals surface area contributed by atoms with Crippen molar-refractivity contribution in [1.82, 2.24) is 20.2 Å². The molecule has 6 nitrogen and oxygen atoms in total. The zero-order chi connectivity index (χ0) is 17.5. The Bertz CT molecular complexity index is 698. The largest absolute Gasteiger partial charge is 0.356 e. The van der Waals surface area contributed by atoms with Gasteiger partial charge in [-0.3, -0.25) is 19.6 Å². The van der Waals surface area contributed by atoms with Gasteiger partial charge in [0.1, 0.15) is 0 Å². The predicted octanol–water partition coefficient (Wildman–Crippen LogP) is 1.69. The summed E-state index contributed by atoms with van der Waals surface area (Å²) >= 11 is 0. The fourth-order valence-corrected chi connectivity index (χ4v) is 3.02. The summed E-state index contributed by atoms with van der Waals surface area (Å²) in [6, 6.07) is 7.30. The molecule has 1 fully saturated rings. The van der Waals surface area contributed by atoms with E-state index >= 15 is 0 Å². The molecule has 6 heteroatoms. The van der Waals surface area contributed by atoms with Crippen molar-refractivity contribution in [1.29, 1.82) is 0 Å². The number of piperidine rings is 1. The summed E-state index contributed by atoms with van der Waals surface area (Å²) in [5, 5.41) is 3.00. The Morgan fingerprint density at radius 1 is 1.08 bits per heavy atom. The van der Waals surface area contributed by atoms with Crippen molar-refractivity contribution in [3.05, 3.63) is 60.2 Å². The number of hydrogen-bond acceptors (Lipinski definition) is 4. The molecule has 2 aromatic rings. The van der Waals surface area contributed by atoms with E-state index < -0.39 is 0 Å². The van der Waals surface area contributed by atoms with Crippen LogP contribution in [0, 0.1) is 5.92 Å². The summed E-state index contributed by atoms with van der Waals surface area (Å²) in [6.45, 7) is 2.10. The number of aromatic nitrogens is 2. The van der Waals surface area contributed by atoms with Gasteiger partial charge >= 0.3 is 0 Å². The predicted molar refractivity (Wildman–Crippen MR) is 93.8 cm³/mol. The van der Waals surface area contributed by atoms with E-state index in [0.717, 1.165) is 31.5 Å². The van der Waals surface area contributed by atoms with E-state index in [2.05, 4.69) is 15.3 Å². The number of likely N-dealkylation sites (tertiary alicyclic amines) is 1. The first kappa shape index (κ1) is 17.1. The van der Waals surface area contributed by atoms with Gasteiger partial charge in [0.2, 0.25) is 5.91 Å². The van der Waals surface area contributed by atoms with Gasteiger partial charge in [-0.15, -0.1) is 0 Å². The van der Waals surface area contributed by atoms with Crippen LogP contribution in [-0.4, -0.2) is 46.3 Å². The second kappa shape index (κ2) is 8.37. The molecule has 0 aromatic carbocycles. The second-order valence-electron chi connectivity index (χ2n) is 6.32. The Morgan fingerprint density at radius 3 is 2.44 bits per heavy atom. The minimum atomic E-state index is 0.0156. The zero-order valence-electron chi connectivity index (χ0n) is 14.1. The molecule has 1 N–H and O–H groups in total. The van der Waals surface area contributed by atoms with E-state index in [1.807, 2.05) is 17.0 Å². The lowest BCUT2D eigenvalue weighted by atomic mass is 9.96. The standard InChI is InChI=1S/C19H22N4O2/c24-18(11-16-3-1-7-20-12-16)22-13-15-5-9-23(10-6-15)19(25)17-4-2-8-21-14-17/h1-4,7-8,12,14-15H,5-6,9-11,13H2,(H,22,24). The van der Waals surface area contributed by atoms with Gasteiger partial charge in [-0.05, 0) is 42.5 Å². The molecule has 0 aliphatic carbocycles. The summed E-state index contributed by atoms with van der Waals surface area (Å²) in [7, 11) is 0. The number of hydrogen-bond donors (Lipinski definition) is 1. The van der Waals surface area contributed by atoms with Crippen LogP contribution in [0.1, 0.15) is 28.8 Å². The molecule has 1 aliphatic rings. The van der Waals surface area contributed by atoms with Crippen LogP contribution in [0.25, 0.3) is 0 Å². The lowest BCUT2D eigenvalue weighted by Gasteiger charge is -2.32. The minimum absolute atomic E-state index is 0.0156. The van der Waals surface area contributed by atoms with Gasteiger partial charge in [0.25, 0.3) is 5.91 Å². The molecule has 0 radical (unpaired) electrons. The normalized spacial score (nSPS) is 15.0. The third-order valence-corrected chi connectivity index (χ3v) is 4.49. The van der Waals surface area contributed by atoms with Crippen molar-refractivity contribution in [3.63, 3.8) is 0 Å². The summed E-state index contributed by atoms with van der Waals surface area (Å²) < 4.78 is 0. The average molecular weight is 338 g/mol. The molecule has 1 saturated heterocycles. The topological polar surface area (TPSA) is 75.2 Å². The highest BCUT2D eigenvalue weighted by atomic mass is 16.2. The van der Waals surface area contributed by atoms with Crippen molar-refractivity contribution in [2.75, 3.05) is 19.6 Å². The van der Waals surface area contributed by atoms with Crippen molar-refractivity contribution in [3.8, 4) is 0 Å². The van der Waals surface area contributed by atoms with Gasteiger partial charge in [-0.25, -0.2) is 0 Å². The molecular formula is C19H22N4O2. The van der Waals surface area contributed by atoms with Gasteiger partial charge in [-0.1, -0.05) is 6.07 Å². The third-order valence-electron chi connectivity index (χ3n) is 4.49. The molecule has 2 amide bonds. The van der Waals surface area contributed by atoms with Crippen LogP contribution in [-0.2, 0) is 11.2 Å². The van der Waals surface area contributed by atoms with Gasteiger partial charge in [0.15, 0.2) is 0 Å². The summed E-state index contributed by atoms with van der Waals surface area (Å²) in [5.41, 5.74) is 1.54. The van der Waals surface area contributed by atoms with Crippen LogP contribution in [0.15, 0.2) is 49.1 Å². The number of rotatable bonds is 5. The summed E-state index contributed by atoms with van der Waals surface area (Å²) in [5.74, 6) is 0.463. The van der Waals surface area contributed by atoms with Crippen molar-refractivity contribution >= 4 is 11.8 Å². The molecule has 130 valence electrons. The number of carbonyl (C=O) groups is 2. The fourth-order valence-electron chi connectivity index (χ4n) is 3.02. The molecule has 3 heterocycles. The zero-order valence-corrected chi connectivity index (χ0v) is 14.1. The van der Waals surface area contributed by atoms with E-state index in [4.69, 9.17) is 0 Å². The number of nitrogens with one attached hydrogen (secondary N) is 1. The highest BCUT2D eigenvalue weighted by molar-refractivity contribution is 5.93. The van der Waals surface area contributed by atoms with Gasteiger partial charge in [-0.2, -0.15) is 0 Å². The summed E-state index contributed by atoms with van der Waals surface area (Å²) in [4.78, 5) is 34.3. The minimum Gasteiger partial charge on any atom is -0.356 e. The van der Waals surface area contributed by atoms with Crippen molar-refractivity contribution < 1.29 is 9.59 Å². The molecule has 2 aromatic heterocycles. The molecule has 25 heavy (non-hydrogen) atoms. The Morgan fingerprint density at radius 2 is 1.80 bits per heavy atom. The lowest BCUT2D eigenvalue weighted by Crippen LogP contribution is -2.41. The van der Waals surface area contributed by atoms with E-state index in [1.54, 1.807) is 36.9 Å². The molecule has 3 rings (SSSR count). The average Bonchev–Trinajstić information content (AvgIpc) is 2.68.